The number of hydrogen-bond donors (Lipinski definition) is 6. The Labute approximate surface area is 333 Å². The van der Waals surface area contributed by atoms with E-state index in [0.717, 1.165) is 0 Å². The maximum Gasteiger partial charge on any atom is 0.311 e. The number of methoxy groups -OCH3 is 2. The van der Waals surface area contributed by atoms with Crippen LogP contribution in [0.25, 0.3) is 0 Å². The van der Waals surface area contributed by atoms with Crippen LogP contribution in [0.15, 0.2) is 5.16 Å². The second-order valence-electron chi connectivity index (χ2n) is 17.4. The Morgan fingerprint density at radius 3 is 2.18 bits per heavy atom. The fraction of sp³-hybridized carbons (Fsp3) is 0.950. The number of rotatable bonds is 12. The minimum absolute atomic E-state index is 0.0183. The Hall–Kier alpha value is -1.54. The molecule has 2 saturated heterocycles. The number of ether oxygens (including phenoxy) is 7. The van der Waals surface area contributed by atoms with Gasteiger partial charge in [-0.1, -0.05) is 39.8 Å². The Bertz CT molecular complexity index is 1260. The van der Waals surface area contributed by atoms with Crippen LogP contribution >= 0.6 is 0 Å². The number of carbonyl (C=O) groups excluding carboxylic acids is 1. The van der Waals surface area contributed by atoms with Crippen LogP contribution in [0.3, 0.4) is 0 Å². The molecule has 7 N–H and O–H groups in total. The number of carbonyl (C=O) groups is 1. The summed E-state index contributed by atoms with van der Waals surface area (Å²) in [5.41, 5.74) is 1.99. The smallest absolute Gasteiger partial charge is 0.311 e. The van der Waals surface area contributed by atoms with Gasteiger partial charge in [-0.2, -0.15) is 0 Å². The zero-order valence-electron chi connectivity index (χ0n) is 35.8. The molecular weight excluding hydrogens is 732 g/mol. The largest absolute Gasteiger partial charge is 0.459 e. The number of aliphatic hydroxyl groups excluding tert-OH is 3. The number of oxime groups is 1. The molecule has 0 radical (unpaired) electrons. The summed E-state index contributed by atoms with van der Waals surface area (Å²) < 4.78 is 41.9. The molecule has 328 valence electrons. The predicted molar refractivity (Wildman–Crippen MR) is 206 cm³/mol. The highest BCUT2D eigenvalue weighted by Gasteiger charge is 2.53. The lowest BCUT2D eigenvalue weighted by atomic mass is 9.73. The fourth-order valence-electron chi connectivity index (χ4n) is 9.04. The van der Waals surface area contributed by atoms with Crippen molar-refractivity contribution in [2.75, 3.05) is 34.2 Å². The van der Waals surface area contributed by atoms with Crippen LogP contribution in [0.1, 0.15) is 101 Å². The van der Waals surface area contributed by atoms with Crippen molar-refractivity contribution in [3.8, 4) is 0 Å². The number of nitrogens with zero attached hydrogens (tertiary/aromatic N) is 1. The minimum atomic E-state index is -1.95. The third-order valence-electron chi connectivity index (χ3n) is 12.5. The van der Waals surface area contributed by atoms with E-state index in [0.29, 0.717) is 31.6 Å². The van der Waals surface area contributed by atoms with E-state index in [2.05, 4.69) is 5.16 Å². The van der Waals surface area contributed by atoms with Gasteiger partial charge in [-0.05, 0) is 66.2 Å². The minimum Gasteiger partial charge on any atom is -0.459 e. The van der Waals surface area contributed by atoms with Gasteiger partial charge in [-0.25, -0.2) is 0 Å². The molecule has 0 aromatic heterocycles. The summed E-state index contributed by atoms with van der Waals surface area (Å²) in [5, 5.41) is 63.0. The van der Waals surface area contributed by atoms with Crippen LogP contribution in [-0.2, 0) is 42.8 Å². The first kappa shape index (κ1) is 48.8. The van der Waals surface area contributed by atoms with E-state index < -0.39 is 102 Å². The van der Waals surface area contributed by atoms with Crippen molar-refractivity contribution in [3.63, 3.8) is 0 Å². The zero-order valence-corrected chi connectivity index (χ0v) is 35.8. The summed E-state index contributed by atoms with van der Waals surface area (Å²) in [6.07, 6.45) is -7.56. The monoisotopic (exact) mass is 807 g/mol. The third kappa shape index (κ3) is 11.6. The van der Waals surface area contributed by atoms with Gasteiger partial charge < -0.3 is 69.3 Å². The second-order valence-corrected chi connectivity index (χ2v) is 17.4. The number of nitrogens with two attached hydrogens (primary N) is 1. The Balaban J connectivity index is 2.20. The van der Waals surface area contributed by atoms with E-state index in [-0.39, 0.29) is 38.3 Å². The highest BCUT2D eigenvalue weighted by atomic mass is 16.7. The molecule has 0 bridgehead atoms. The summed E-state index contributed by atoms with van der Waals surface area (Å²) in [5.74, 6) is -4.16. The van der Waals surface area contributed by atoms with Crippen LogP contribution < -0.4 is 5.73 Å². The second kappa shape index (κ2) is 20.6. The normalized spacial score (nSPS) is 46.9. The average molecular weight is 807 g/mol. The highest BCUT2D eigenvalue weighted by Crippen LogP contribution is 2.42. The standard InChI is InChI=1S/C40H74N2O14/c1-13-29-40(10,48)34(45)24(5)30(42-52-20-51-15-14-49-11)22(3)18-38(8,47)35(56-37-31(43)28(41)17-23(4)53-37)25(6)32(26(7)36(46)55-29)54-27-16-21(2)33(44)39(9,19-27)50-12/h21-29,31-35,37,43-45,47-48H,13-20,41H2,1-12H3/b42-30+/t21?,22-,23?,24+,25+,26-,27-,28?,29-,31?,32?,33+,34-,35?,37+,38-,39-,40-/m1/s1. The van der Waals surface area contributed by atoms with E-state index in [1.807, 2.05) is 27.7 Å². The topological polar surface area (TPSA) is 230 Å². The van der Waals surface area contributed by atoms with Gasteiger partial charge in [0.25, 0.3) is 0 Å². The van der Waals surface area contributed by atoms with Crippen molar-refractivity contribution in [2.45, 2.75) is 179 Å². The molecule has 2 heterocycles. The van der Waals surface area contributed by atoms with Crippen LogP contribution in [0.5, 0.6) is 0 Å². The van der Waals surface area contributed by atoms with Gasteiger partial charge in [0.2, 0.25) is 6.79 Å². The molecule has 1 aliphatic carbocycles. The Morgan fingerprint density at radius 2 is 1.57 bits per heavy atom. The Kier molecular flexibility index (Phi) is 18.0. The van der Waals surface area contributed by atoms with Crippen molar-refractivity contribution in [3.05, 3.63) is 0 Å². The van der Waals surface area contributed by atoms with Crippen molar-refractivity contribution < 1.29 is 68.3 Å². The maximum atomic E-state index is 14.3. The predicted octanol–water partition coefficient (Wildman–Crippen LogP) is 2.27. The summed E-state index contributed by atoms with van der Waals surface area (Å²) in [4.78, 5) is 19.8. The molecule has 18 atom stereocenters. The van der Waals surface area contributed by atoms with Crippen molar-refractivity contribution >= 4 is 11.7 Å². The van der Waals surface area contributed by atoms with Crippen molar-refractivity contribution in [2.24, 2.45) is 40.5 Å². The molecule has 16 nitrogen and oxygen atoms in total. The van der Waals surface area contributed by atoms with Crippen LogP contribution in [0, 0.1) is 29.6 Å². The van der Waals surface area contributed by atoms with Gasteiger partial charge in [0.1, 0.15) is 17.8 Å². The molecule has 56 heavy (non-hydrogen) atoms. The molecule has 3 fully saturated rings. The van der Waals surface area contributed by atoms with Gasteiger partial charge in [0.15, 0.2) is 6.29 Å². The molecular formula is C40H74N2O14. The van der Waals surface area contributed by atoms with E-state index >= 15 is 0 Å². The van der Waals surface area contributed by atoms with E-state index in [9.17, 15) is 30.3 Å². The molecule has 16 heteroatoms. The summed E-state index contributed by atoms with van der Waals surface area (Å²) in [6, 6.07) is -0.660. The van der Waals surface area contributed by atoms with Crippen LogP contribution in [0.4, 0.5) is 0 Å². The third-order valence-corrected chi connectivity index (χ3v) is 12.5. The van der Waals surface area contributed by atoms with Crippen molar-refractivity contribution in [1.82, 2.24) is 0 Å². The molecule has 6 unspecified atom stereocenters. The Morgan fingerprint density at radius 1 is 0.911 bits per heavy atom. The number of hydrogen-bond acceptors (Lipinski definition) is 16. The van der Waals surface area contributed by atoms with Gasteiger partial charge in [-0.3, -0.25) is 4.79 Å². The lowest BCUT2D eigenvalue weighted by molar-refractivity contribution is -0.295. The molecule has 0 spiro atoms. The van der Waals surface area contributed by atoms with E-state index in [1.165, 1.54) is 14.0 Å². The lowest BCUT2D eigenvalue weighted by Crippen LogP contribution is -2.60. The first-order valence-corrected chi connectivity index (χ1v) is 20.3. The summed E-state index contributed by atoms with van der Waals surface area (Å²) in [7, 11) is 3.08. The molecule has 0 aromatic carbocycles. The quantitative estimate of drug-likeness (QED) is 0.0719. The zero-order chi connectivity index (χ0) is 42.3. The maximum absolute atomic E-state index is 14.3. The summed E-state index contributed by atoms with van der Waals surface area (Å²) in [6.45, 7) is 17.6. The van der Waals surface area contributed by atoms with Crippen LogP contribution in [0.2, 0.25) is 0 Å². The molecule has 1 saturated carbocycles. The van der Waals surface area contributed by atoms with Gasteiger partial charge >= 0.3 is 5.97 Å². The number of esters is 1. The first-order valence-electron chi connectivity index (χ1n) is 20.3. The average Bonchev–Trinajstić information content (AvgIpc) is 3.13. The molecule has 0 amide bonds. The molecule has 0 aromatic rings. The number of cyclic esters (lactones) is 1. The van der Waals surface area contributed by atoms with Crippen LogP contribution in [-0.4, -0.2) is 149 Å². The van der Waals surface area contributed by atoms with E-state index in [1.54, 1.807) is 41.7 Å². The van der Waals surface area contributed by atoms with E-state index in [4.69, 9.17) is 43.7 Å². The molecule has 2 aliphatic heterocycles. The van der Waals surface area contributed by atoms with Gasteiger partial charge in [0.05, 0.1) is 72.7 Å². The lowest BCUT2D eigenvalue weighted by Gasteiger charge is -2.49. The molecule has 3 rings (SSSR count). The number of aliphatic hydroxyl groups is 5. The van der Waals surface area contributed by atoms with Gasteiger partial charge in [-0.15, -0.1) is 0 Å². The van der Waals surface area contributed by atoms with Gasteiger partial charge in [0, 0.05) is 44.4 Å². The SMILES string of the molecule is CC[C@H]1OC(=O)[C@H](C)C(O[C@@H]2CC(C)[C@H](O)[C@](C)(OC)C2)[C@H](C)C(O[C@@H]2OC(C)CC(N)C2O)[C@](C)(O)C[C@@H](C)/C(=N\OCOCCOC)[C@H](C)[C@@H](O)[C@]1(C)O. The fourth-order valence-corrected chi connectivity index (χ4v) is 9.04. The van der Waals surface area contributed by atoms with Crippen molar-refractivity contribution in [1.29, 1.82) is 0 Å². The molecule has 3 aliphatic rings. The summed E-state index contributed by atoms with van der Waals surface area (Å²) >= 11 is 0. The first-order chi connectivity index (χ1) is 26.1. The highest BCUT2D eigenvalue weighted by molar-refractivity contribution is 5.88.